The van der Waals surface area contributed by atoms with Crippen LogP contribution in [-0.2, 0) is 17.6 Å². The van der Waals surface area contributed by atoms with E-state index in [9.17, 15) is 4.79 Å². The fourth-order valence-electron chi connectivity index (χ4n) is 4.26. The number of nitrogens with zero attached hydrogens (tertiary/aromatic N) is 4. The summed E-state index contributed by atoms with van der Waals surface area (Å²) in [7, 11) is 0. The number of amides is 1. The third-order valence-electron chi connectivity index (χ3n) is 5.38. The Kier molecular flexibility index (Phi) is 4.61. The van der Waals surface area contributed by atoms with Gasteiger partial charge in [0.25, 0.3) is 0 Å². The predicted octanol–water partition coefficient (Wildman–Crippen LogP) is 2.73. The Hall–Kier alpha value is -2.44. The van der Waals surface area contributed by atoms with Gasteiger partial charge in [-0.3, -0.25) is 9.89 Å². The van der Waals surface area contributed by atoms with Crippen molar-refractivity contribution < 1.29 is 4.79 Å². The lowest BCUT2D eigenvalue weighted by Crippen LogP contribution is -2.36. The molecular weight excluding hydrogens is 328 g/mol. The van der Waals surface area contributed by atoms with Gasteiger partial charge in [0.2, 0.25) is 5.91 Å². The molecule has 1 unspecified atom stereocenters. The maximum absolute atomic E-state index is 11.4. The number of nitrogens with one attached hydrogen (secondary N) is 2. The zero-order valence-corrected chi connectivity index (χ0v) is 15.5. The quantitative estimate of drug-likeness (QED) is 0.885. The highest BCUT2D eigenvalue weighted by Crippen LogP contribution is 2.35. The van der Waals surface area contributed by atoms with E-state index in [-0.39, 0.29) is 5.91 Å². The lowest BCUT2D eigenvalue weighted by Gasteiger charge is -2.35. The largest absolute Gasteiger partial charge is 0.356 e. The summed E-state index contributed by atoms with van der Waals surface area (Å²) in [6.07, 6.45) is 8.46. The first kappa shape index (κ1) is 17.0. The van der Waals surface area contributed by atoms with Gasteiger partial charge in [-0.05, 0) is 45.4 Å². The van der Waals surface area contributed by atoms with Crippen LogP contribution < -0.4 is 10.2 Å². The summed E-state index contributed by atoms with van der Waals surface area (Å²) in [6, 6.07) is 0. The van der Waals surface area contributed by atoms with E-state index < -0.39 is 0 Å². The van der Waals surface area contributed by atoms with E-state index >= 15 is 0 Å². The molecule has 2 aromatic heterocycles. The zero-order chi connectivity index (χ0) is 18.1. The third kappa shape index (κ3) is 3.30. The van der Waals surface area contributed by atoms with Gasteiger partial charge in [0.05, 0.1) is 17.6 Å². The molecule has 0 spiro atoms. The van der Waals surface area contributed by atoms with Crippen molar-refractivity contribution in [2.75, 3.05) is 23.3 Å². The molecule has 3 heterocycles. The molecule has 26 heavy (non-hydrogen) atoms. The number of fused-ring (bicyclic) bond motifs is 1. The van der Waals surface area contributed by atoms with Crippen molar-refractivity contribution in [2.24, 2.45) is 0 Å². The molecule has 2 aromatic rings. The molecule has 1 fully saturated rings. The van der Waals surface area contributed by atoms with Gasteiger partial charge in [-0.2, -0.15) is 5.10 Å². The molecule has 2 N–H and O–H groups in total. The summed E-state index contributed by atoms with van der Waals surface area (Å²) in [5.74, 6) is 2.23. The number of aromatic amines is 1. The van der Waals surface area contributed by atoms with E-state index in [0.29, 0.717) is 5.92 Å². The molecule has 2 aliphatic rings. The summed E-state index contributed by atoms with van der Waals surface area (Å²) in [5, 5.41) is 10.1. The van der Waals surface area contributed by atoms with Crippen LogP contribution >= 0.6 is 0 Å². The van der Waals surface area contributed by atoms with E-state index in [1.807, 2.05) is 6.92 Å². The second-order valence-electron chi connectivity index (χ2n) is 7.39. The van der Waals surface area contributed by atoms with Crippen molar-refractivity contribution in [2.45, 2.75) is 58.3 Å². The van der Waals surface area contributed by atoms with Crippen molar-refractivity contribution in [3.05, 3.63) is 29.0 Å². The summed E-state index contributed by atoms with van der Waals surface area (Å²) in [4.78, 5) is 23.4. The molecule has 1 atom stereocenters. The number of carbonyl (C=O) groups is 1. The molecule has 4 rings (SSSR count). The molecule has 138 valence electrons. The molecular formula is C19H26N6O. The van der Waals surface area contributed by atoms with Crippen LogP contribution in [0.5, 0.6) is 0 Å². The van der Waals surface area contributed by atoms with Gasteiger partial charge in [0, 0.05) is 37.2 Å². The summed E-state index contributed by atoms with van der Waals surface area (Å²) in [6.45, 7) is 5.42. The van der Waals surface area contributed by atoms with Gasteiger partial charge in [-0.1, -0.05) is 0 Å². The Morgan fingerprint density at radius 1 is 1.27 bits per heavy atom. The van der Waals surface area contributed by atoms with Crippen LogP contribution in [0.3, 0.4) is 0 Å². The van der Waals surface area contributed by atoms with Gasteiger partial charge in [-0.25, -0.2) is 9.97 Å². The Balaban J connectivity index is 1.61. The average molecular weight is 354 g/mol. The standard InChI is InChI=1S/C19H26N6O/c1-12-21-16-8-4-3-7-15(16)19(22-12)25-9-5-6-14(11-25)18-17(10-20-24-18)23-13(2)26/h10,14H,3-9,11H2,1-2H3,(H,20,24)(H,23,26). The van der Waals surface area contributed by atoms with Gasteiger partial charge in [0.1, 0.15) is 11.6 Å². The number of H-pyrrole nitrogens is 1. The molecule has 7 heteroatoms. The molecule has 1 amide bonds. The van der Waals surface area contributed by atoms with Crippen LogP contribution in [0.1, 0.15) is 61.3 Å². The van der Waals surface area contributed by atoms with Crippen molar-refractivity contribution >= 4 is 17.4 Å². The second-order valence-corrected chi connectivity index (χ2v) is 7.39. The molecule has 0 bridgehead atoms. The first-order chi connectivity index (χ1) is 12.6. The Morgan fingerprint density at radius 3 is 2.96 bits per heavy atom. The average Bonchev–Trinajstić information content (AvgIpc) is 3.08. The molecule has 0 radical (unpaired) electrons. The van der Waals surface area contributed by atoms with Crippen LogP contribution in [0.2, 0.25) is 0 Å². The normalized spacial score (nSPS) is 19.9. The number of hydrogen-bond acceptors (Lipinski definition) is 5. The van der Waals surface area contributed by atoms with Crippen LogP contribution in [0.15, 0.2) is 6.20 Å². The Morgan fingerprint density at radius 2 is 2.12 bits per heavy atom. The summed E-state index contributed by atoms with van der Waals surface area (Å²) < 4.78 is 0. The number of piperidine rings is 1. The van der Waals surface area contributed by atoms with Gasteiger partial charge < -0.3 is 10.2 Å². The van der Waals surface area contributed by atoms with Crippen LogP contribution in [0.4, 0.5) is 11.5 Å². The third-order valence-corrected chi connectivity index (χ3v) is 5.38. The van der Waals surface area contributed by atoms with E-state index in [4.69, 9.17) is 4.98 Å². The van der Waals surface area contributed by atoms with Crippen molar-refractivity contribution in [3.63, 3.8) is 0 Å². The smallest absolute Gasteiger partial charge is 0.221 e. The minimum atomic E-state index is -0.0687. The maximum atomic E-state index is 11.4. The minimum Gasteiger partial charge on any atom is -0.356 e. The first-order valence-corrected chi connectivity index (χ1v) is 9.54. The van der Waals surface area contributed by atoms with Crippen LogP contribution in [0, 0.1) is 6.92 Å². The monoisotopic (exact) mass is 354 g/mol. The molecule has 0 aromatic carbocycles. The first-order valence-electron chi connectivity index (χ1n) is 9.54. The minimum absolute atomic E-state index is 0.0687. The Labute approximate surface area is 153 Å². The number of aryl methyl sites for hydroxylation is 2. The second kappa shape index (κ2) is 7.05. The summed E-state index contributed by atoms with van der Waals surface area (Å²) >= 11 is 0. The SMILES string of the molecule is CC(=O)Nc1cn[nH]c1C1CCCN(c2nc(C)nc3c2CCCC3)C1. The zero-order valence-electron chi connectivity index (χ0n) is 15.5. The number of aromatic nitrogens is 4. The Bertz CT molecular complexity index is 814. The van der Waals surface area contributed by atoms with Crippen molar-refractivity contribution in [1.29, 1.82) is 0 Å². The fraction of sp³-hybridized carbons (Fsp3) is 0.579. The van der Waals surface area contributed by atoms with Crippen LogP contribution in [-0.4, -0.2) is 39.2 Å². The number of rotatable bonds is 3. The summed E-state index contributed by atoms with van der Waals surface area (Å²) in [5.41, 5.74) is 4.39. The van der Waals surface area contributed by atoms with E-state index in [1.54, 1.807) is 6.20 Å². The fourth-order valence-corrected chi connectivity index (χ4v) is 4.26. The van der Waals surface area contributed by atoms with E-state index in [2.05, 4.69) is 25.4 Å². The van der Waals surface area contributed by atoms with E-state index in [1.165, 1.54) is 31.0 Å². The number of anilines is 2. The lowest BCUT2D eigenvalue weighted by atomic mass is 9.92. The highest BCUT2D eigenvalue weighted by atomic mass is 16.1. The molecule has 0 saturated carbocycles. The topological polar surface area (TPSA) is 86.8 Å². The molecule has 7 nitrogen and oxygen atoms in total. The lowest BCUT2D eigenvalue weighted by molar-refractivity contribution is -0.114. The van der Waals surface area contributed by atoms with Crippen molar-refractivity contribution in [1.82, 2.24) is 20.2 Å². The van der Waals surface area contributed by atoms with Gasteiger partial charge in [0.15, 0.2) is 0 Å². The molecule has 1 aliphatic carbocycles. The van der Waals surface area contributed by atoms with Gasteiger partial charge in [-0.15, -0.1) is 0 Å². The highest BCUT2D eigenvalue weighted by molar-refractivity contribution is 5.89. The number of carbonyl (C=O) groups excluding carboxylic acids is 1. The maximum Gasteiger partial charge on any atom is 0.221 e. The van der Waals surface area contributed by atoms with Crippen molar-refractivity contribution in [3.8, 4) is 0 Å². The molecule has 1 saturated heterocycles. The van der Waals surface area contributed by atoms with Crippen LogP contribution in [0.25, 0.3) is 0 Å². The predicted molar refractivity (Wildman–Crippen MR) is 100 cm³/mol. The number of hydrogen-bond donors (Lipinski definition) is 2. The van der Waals surface area contributed by atoms with E-state index in [0.717, 1.165) is 61.8 Å². The molecule has 1 aliphatic heterocycles. The van der Waals surface area contributed by atoms with Gasteiger partial charge >= 0.3 is 0 Å². The highest BCUT2D eigenvalue weighted by Gasteiger charge is 2.28.